The average molecular weight is 238 g/mol. The van der Waals surface area contributed by atoms with Gasteiger partial charge in [-0.15, -0.1) is 0 Å². The van der Waals surface area contributed by atoms with Crippen LogP contribution in [0, 0.1) is 0 Å². The zero-order valence-electron chi connectivity index (χ0n) is 9.37. The van der Waals surface area contributed by atoms with Gasteiger partial charge in [-0.05, 0) is 0 Å². The molecule has 0 spiro atoms. The van der Waals surface area contributed by atoms with Gasteiger partial charge in [0.2, 0.25) is 0 Å². The maximum absolute atomic E-state index is 11.9. The predicted octanol–water partition coefficient (Wildman–Crippen LogP) is -1.30. The van der Waals surface area contributed by atoms with Crippen molar-refractivity contribution in [2.45, 2.75) is 12.2 Å². The number of carbonyl (C=O) groups is 1. The van der Waals surface area contributed by atoms with E-state index in [2.05, 4.69) is 15.3 Å². The van der Waals surface area contributed by atoms with Crippen LogP contribution in [-0.4, -0.2) is 63.3 Å². The Kier molecular flexibility index (Phi) is 3.21. The van der Waals surface area contributed by atoms with Crippen molar-refractivity contribution in [3.63, 3.8) is 0 Å². The molecule has 1 aliphatic heterocycles. The van der Waals surface area contributed by atoms with Gasteiger partial charge >= 0.3 is 0 Å². The van der Waals surface area contributed by atoms with Crippen LogP contribution in [0.15, 0.2) is 12.4 Å². The highest BCUT2D eigenvalue weighted by Crippen LogP contribution is 2.13. The van der Waals surface area contributed by atoms with E-state index in [0.29, 0.717) is 5.82 Å². The first kappa shape index (κ1) is 11.7. The summed E-state index contributed by atoms with van der Waals surface area (Å²) in [6.45, 7) is 0.241. The fraction of sp³-hybridized carbons (Fsp3) is 0.500. The topological polar surface area (TPSA) is 98.6 Å². The van der Waals surface area contributed by atoms with Crippen molar-refractivity contribution in [1.29, 1.82) is 0 Å². The maximum atomic E-state index is 11.9. The summed E-state index contributed by atoms with van der Waals surface area (Å²) in [6.07, 6.45) is 1.05. The lowest BCUT2D eigenvalue weighted by atomic mass is 10.3. The summed E-state index contributed by atoms with van der Waals surface area (Å²) >= 11 is 0. The molecule has 2 atom stereocenters. The minimum atomic E-state index is -0.886. The van der Waals surface area contributed by atoms with E-state index in [1.165, 1.54) is 17.3 Å². The number of aromatic nitrogens is 2. The monoisotopic (exact) mass is 238 g/mol. The number of hydrogen-bond acceptors (Lipinski definition) is 6. The maximum Gasteiger partial charge on any atom is 0.274 e. The molecule has 2 heterocycles. The molecule has 3 N–H and O–H groups in total. The first-order valence-electron chi connectivity index (χ1n) is 5.27. The van der Waals surface area contributed by atoms with Gasteiger partial charge in [0, 0.05) is 20.1 Å². The summed E-state index contributed by atoms with van der Waals surface area (Å²) in [7, 11) is 1.71. The van der Waals surface area contributed by atoms with E-state index in [4.69, 9.17) is 0 Å². The van der Waals surface area contributed by atoms with Crippen LogP contribution in [0.2, 0.25) is 0 Å². The minimum Gasteiger partial charge on any atom is -0.388 e. The number of amides is 1. The Morgan fingerprint density at radius 1 is 1.35 bits per heavy atom. The minimum absolute atomic E-state index is 0.120. The lowest BCUT2D eigenvalue weighted by Crippen LogP contribution is -2.30. The predicted molar refractivity (Wildman–Crippen MR) is 59.5 cm³/mol. The molecule has 2 rings (SSSR count). The third-order valence-electron chi connectivity index (χ3n) is 2.67. The van der Waals surface area contributed by atoms with E-state index in [0.717, 1.165) is 0 Å². The molecule has 0 aliphatic carbocycles. The van der Waals surface area contributed by atoms with E-state index in [-0.39, 0.29) is 24.7 Å². The SMILES string of the molecule is CNc1cnc(C(=O)N2CC(O)C(O)C2)cn1. The van der Waals surface area contributed by atoms with E-state index >= 15 is 0 Å². The molecule has 7 heteroatoms. The van der Waals surface area contributed by atoms with E-state index in [9.17, 15) is 15.0 Å². The van der Waals surface area contributed by atoms with Crippen LogP contribution in [0.3, 0.4) is 0 Å². The second-order valence-electron chi connectivity index (χ2n) is 3.88. The van der Waals surface area contributed by atoms with Gasteiger partial charge in [0.05, 0.1) is 24.6 Å². The van der Waals surface area contributed by atoms with Crippen molar-refractivity contribution >= 4 is 11.7 Å². The summed E-state index contributed by atoms with van der Waals surface area (Å²) < 4.78 is 0. The Hall–Kier alpha value is -1.73. The first-order valence-corrected chi connectivity index (χ1v) is 5.27. The normalized spacial score (nSPS) is 23.8. The quantitative estimate of drug-likeness (QED) is 0.592. The second kappa shape index (κ2) is 4.64. The van der Waals surface area contributed by atoms with Gasteiger partial charge in [0.15, 0.2) is 0 Å². The van der Waals surface area contributed by atoms with Gasteiger partial charge in [-0.2, -0.15) is 0 Å². The number of rotatable bonds is 2. The molecule has 2 unspecified atom stereocenters. The lowest BCUT2D eigenvalue weighted by molar-refractivity contribution is 0.0572. The number of nitrogens with zero attached hydrogens (tertiary/aromatic N) is 3. The highest BCUT2D eigenvalue weighted by Gasteiger charge is 2.33. The van der Waals surface area contributed by atoms with E-state index in [1.807, 2.05) is 0 Å². The van der Waals surface area contributed by atoms with Crippen molar-refractivity contribution in [3.8, 4) is 0 Å². The third-order valence-corrected chi connectivity index (χ3v) is 2.67. The number of anilines is 1. The van der Waals surface area contributed by atoms with Crippen LogP contribution in [0.1, 0.15) is 10.5 Å². The Morgan fingerprint density at radius 2 is 2.00 bits per heavy atom. The number of likely N-dealkylation sites (tertiary alicyclic amines) is 1. The van der Waals surface area contributed by atoms with E-state index < -0.39 is 12.2 Å². The van der Waals surface area contributed by atoms with Gasteiger partial charge in [0.25, 0.3) is 5.91 Å². The number of hydrogen-bond donors (Lipinski definition) is 3. The number of carbonyl (C=O) groups excluding carboxylic acids is 1. The van der Waals surface area contributed by atoms with Crippen molar-refractivity contribution in [1.82, 2.24) is 14.9 Å². The molecule has 17 heavy (non-hydrogen) atoms. The van der Waals surface area contributed by atoms with Gasteiger partial charge in [-0.25, -0.2) is 9.97 Å². The summed E-state index contributed by atoms with van der Waals surface area (Å²) in [5, 5.41) is 21.5. The molecule has 1 fully saturated rings. The molecule has 0 aromatic carbocycles. The molecule has 0 radical (unpaired) electrons. The Balaban J connectivity index is 2.09. The van der Waals surface area contributed by atoms with Gasteiger partial charge in [-0.3, -0.25) is 4.79 Å². The zero-order valence-corrected chi connectivity index (χ0v) is 9.37. The van der Waals surface area contributed by atoms with Crippen molar-refractivity contribution in [3.05, 3.63) is 18.1 Å². The summed E-state index contributed by atoms with van der Waals surface area (Å²) in [5.74, 6) is 0.235. The highest BCUT2D eigenvalue weighted by molar-refractivity contribution is 5.92. The molecule has 1 saturated heterocycles. The Bertz CT molecular complexity index is 399. The highest BCUT2D eigenvalue weighted by atomic mass is 16.3. The van der Waals surface area contributed by atoms with Gasteiger partial charge in [0.1, 0.15) is 11.5 Å². The Morgan fingerprint density at radius 3 is 2.47 bits per heavy atom. The molecule has 1 amide bonds. The van der Waals surface area contributed by atoms with E-state index in [1.54, 1.807) is 7.05 Å². The van der Waals surface area contributed by atoms with Crippen LogP contribution < -0.4 is 5.32 Å². The molecule has 1 aliphatic rings. The molecular weight excluding hydrogens is 224 g/mol. The third kappa shape index (κ3) is 2.34. The summed E-state index contributed by atoms with van der Waals surface area (Å²) in [5.41, 5.74) is 0.199. The van der Waals surface area contributed by atoms with Crippen LogP contribution in [-0.2, 0) is 0 Å². The first-order chi connectivity index (χ1) is 8.11. The number of nitrogens with one attached hydrogen (secondary N) is 1. The van der Waals surface area contributed by atoms with Crippen LogP contribution in [0.25, 0.3) is 0 Å². The fourth-order valence-electron chi connectivity index (χ4n) is 1.66. The van der Waals surface area contributed by atoms with Gasteiger partial charge in [-0.1, -0.05) is 0 Å². The molecule has 1 aromatic heterocycles. The Labute approximate surface area is 98.1 Å². The zero-order chi connectivity index (χ0) is 12.4. The number of aliphatic hydroxyl groups excluding tert-OH is 2. The molecule has 1 aromatic rings. The average Bonchev–Trinajstić information content (AvgIpc) is 2.69. The molecule has 7 nitrogen and oxygen atoms in total. The fourth-order valence-corrected chi connectivity index (χ4v) is 1.66. The lowest BCUT2D eigenvalue weighted by Gasteiger charge is -2.14. The molecule has 92 valence electrons. The molecular formula is C10H14N4O3. The standard InChI is InChI=1S/C10H14N4O3/c1-11-9-3-12-6(2-13-9)10(17)14-4-7(15)8(16)5-14/h2-3,7-8,15-16H,4-5H2,1H3,(H,11,13). The smallest absolute Gasteiger partial charge is 0.274 e. The van der Waals surface area contributed by atoms with Crippen molar-refractivity contribution in [2.75, 3.05) is 25.5 Å². The van der Waals surface area contributed by atoms with Crippen molar-refractivity contribution < 1.29 is 15.0 Å². The van der Waals surface area contributed by atoms with Crippen LogP contribution >= 0.6 is 0 Å². The number of β-amino-alcohol motifs (C(OH)–C–C–N with tert-alkyl or cyclic N) is 2. The van der Waals surface area contributed by atoms with Crippen molar-refractivity contribution in [2.24, 2.45) is 0 Å². The van der Waals surface area contributed by atoms with Gasteiger partial charge < -0.3 is 20.4 Å². The molecule has 0 bridgehead atoms. The largest absolute Gasteiger partial charge is 0.388 e. The van der Waals surface area contributed by atoms with Crippen LogP contribution in [0.4, 0.5) is 5.82 Å². The summed E-state index contributed by atoms with van der Waals surface area (Å²) in [4.78, 5) is 21.2. The number of aliphatic hydroxyl groups is 2. The summed E-state index contributed by atoms with van der Waals surface area (Å²) in [6, 6.07) is 0. The molecule has 0 saturated carbocycles. The van der Waals surface area contributed by atoms with Crippen LogP contribution in [0.5, 0.6) is 0 Å². The second-order valence-corrected chi connectivity index (χ2v) is 3.88.